The number of rotatable bonds is 1. The van der Waals surface area contributed by atoms with E-state index in [-0.39, 0.29) is 23.7 Å². The van der Waals surface area contributed by atoms with Crippen LogP contribution in [0.15, 0.2) is 11.1 Å². The molecule has 2 aliphatic heterocycles. The Morgan fingerprint density at radius 2 is 2.30 bits per heavy atom. The number of aromatic nitrogens is 4. The van der Waals surface area contributed by atoms with Crippen molar-refractivity contribution in [2.75, 3.05) is 12.3 Å². The SMILES string of the molecule is Nc1nc2c(ncn2[C@@H]2O[C@@H]3COP(=O)(O)O[C@@H]3C2O)c(=O)[nH]1. The average Bonchev–Trinajstić information content (AvgIpc) is 3.00. The van der Waals surface area contributed by atoms with E-state index in [0.717, 1.165) is 0 Å². The molecule has 2 fully saturated rings. The van der Waals surface area contributed by atoms with E-state index in [1.807, 2.05) is 0 Å². The van der Waals surface area contributed by atoms with E-state index >= 15 is 0 Å². The zero-order valence-corrected chi connectivity index (χ0v) is 12.3. The Balaban J connectivity index is 1.75. The summed E-state index contributed by atoms with van der Waals surface area (Å²) in [6, 6.07) is 0. The van der Waals surface area contributed by atoms with Gasteiger partial charge in [-0.15, -0.1) is 0 Å². The molecule has 2 aromatic heterocycles. The molecule has 4 rings (SSSR count). The average molecular weight is 345 g/mol. The van der Waals surface area contributed by atoms with Gasteiger partial charge >= 0.3 is 7.82 Å². The number of aliphatic hydroxyl groups is 1. The van der Waals surface area contributed by atoms with E-state index in [1.165, 1.54) is 10.9 Å². The van der Waals surface area contributed by atoms with E-state index < -0.39 is 37.9 Å². The molecule has 124 valence electrons. The predicted molar refractivity (Wildman–Crippen MR) is 73.1 cm³/mol. The third-order valence-electron chi connectivity index (χ3n) is 3.69. The number of nitrogens with two attached hydrogens (primary N) is 1. The van der Waals surface area contributed by atoms with Gasteiger partial charge in [0.2, 0.25) is 5.95 Å². The second kappa shape index (κ2) is 4.84. The monoisotopic (exact) mass is 345 g/mol. The smallest absolute Gasteiger partial charge is 0.386 e. The van der Waals surface area contributed by atoms with Gasteiger partial charge in [0.1, 0.15) is 18.3 Å². The van der Waals surface area contributed by atoms with Crippen LogP contribution in [0.1, 0.15) is 6.23 Å². The summed E-state index contributed by atoms with van der Waals surface area (Å²) >= 11 is 0. The van der Waals surface area contributed by atoms with Gasteiger partial charge in [-0.25, -0.2) is 9.55 Å². The fraction of sp³-hybridized carbons (Fsp3) is 0.500. The maximum absolute atomic E-state index is 11.8. The molecule has 13 heteroatoms. The molecular weight excluding hydrogens is 333 g/mol. The minimum atomic E-state index is -4.22. The Morgan fingerprint density at radius 1 is 1.52 bits per heavy atom. The van der Waals surface area contributed by atoms with Crippen molar-refractivity contribution in [3.05, 3.63) is 16.7 Å². The topological polar surface area (TPSA) is 175 Å². The van der Waals surface area contributed by atoms with Crippen LogP contribution in [0, 0.1) is 0 Å². The molecule has 5 N–H and O–H groups in total. The summed E-state index contributed by atoms with van der Waals surface area (Å²) in [5.74, 6) is -0.117. The van der Waals surface area contributed by atoms with Crippen molar-refractivity contribution in [3.63, 3.8) is 0 Å². The van der Waals surface area contributed by atoms with Crippen LogP contribution >= 0.6 is 7.82 Å². The summed E-state index contributed by atoms with van der Waals surface area (Å²) in [5.41, 5.74) is 5.12. The lowest BCUT2D eigenvalue weighted by Gasteiger charge is -2.27. The first-order valence-corrected chi connectivity index (χ1v) is 8.07. The van der Waals surface area contributed by atoms with Crippen LogP contribution in [-0.2, 0) is 18.3 Å². The van der Waals surface area contributed by atoms with Gasteiger partial charge in [0.25, 0.3) is 5.56 Å². The van der Waals surface area contributed by atoms with Gasteiger partial charge in [-0.1, -0.05) is 0 Å². The Hall–Kier alpha value is -1.82. The Morgan fingerprint density at radius 3 is 3.09 bits per heavy atom. The molecule has 2 saturated heterocycles. The number of hydrogen-bond acceptors (Lipinski definition) is 9. The molecule has 0 radical (unpaired) electrons. The number of imidazole rings is 1. The van der Waals surface area contributed by atoms with Crippen LogP contribution in [0.25, 0.3) is 11.2 Å². The molecule has 0 bridgehead atoms. The zero-order valence-electron chi connectivity index (χ0n) is 11.4. The molecule has 0 aliphatic carbocycles. The van der Waals surface area contributed by atoms with E-state index in [2.05, 4.69) is 19.5 Å². The van der Waals surface area contributed by atoms with Gasteiger partial charge in [-0.05, 0) is 0 Å². The van der Waals surface area contributed by atoms with Crippen molar-refractivity contribution in [2.24, 2.45) is 0 Å². The molecule has 12 nitrogen and oxygen atoms in total. The number of nitrogen functional groups attached to an aromatic ring is 1. The largest absolute Gasteiger partial charge is 0.472 e. The van der Waals surface area contributed by atoms with Crippen LogP contribution in [0.4, 0.5) is 5.95 Å². The molecule has 0 spiro atoms. The molecule has 23 heavy (non-hydrogen) atoms. The molecule has 2 aliphatic rings. The number of fused-ring (bicyclic) bond motifs is 2. The number of aromatic amines is 1. The third kappa shape index (κ3) is 2.27. The number of phosphoric ester groups is 1. The highest BCUT2D eigenvalue weighted by atomic mass is 31.2. The first-order valence-electron chi connectivity index (χ1n) is 6.57. The summed E-state index contributed by atoms with van der Waals surface area (Å²) in [6.45, 7) is -0.214. The summed E-state index contributed by atoms with van der Waals surface area (Å²) in [7, 11) is -4.22. The lowest BCUT2D eigenvalue weighted by Crippen LogP contribution is -2.39. The quantitative estimate of drug-likeness (QED) is 0.444. The Kier molecular flexibility index (Phi) is 3.10. The van der Waals surface area contributed by atoms with Crippen LogP contribution < -0.4 is 11.3 Å². The first kappa shape index (κ1) is 14.8. The molecule has 2 unspecified atom stereocenters. The molecule has 2 aromatic rings. The van der Waals surface area contributed by atoms with E-state index in [4.69, 9.17) is 15.0 Å². The van der Waals surface area contributed by atoms with Gasteiger partial charge in [-0.2, -0.15) is 4.98 Å². The molecule has 4 heterocycles. The Labute approximate surface area is 127 Å². The summed E-state index contributed by atoms with van der Waals surface area (Å²) in [5, 5.41) is 10.4. The number of nitrogens with one attached hydrogen (secondary N) is 1. The van der Waals surface area contributed by atoms with Crippen molar-refractivity contribution in [3.8, 4) is 0 Å². The van der Waals surface area contributed by atoms with Crippen molar-refractivity contribution in [1.29, 1.82) is 0 Å². The number of nitrogens with zero attached hydrogens (tertiary/aromatic N) is 3. The fourth-order valence-corrected chi connectivity index (χ4v) is 3.66. The number of H-pyrrole nitrogens is 1. The van der Waals surface area contributed by atoms with Crippen molar-refractivity contribution >= 4 is 24.9 Å². The van der Waals surface area contributed by atoms with E-state index in [9.17, 15) is 19.4 Å². The third-order valence-corrected chi connectivity index (χ3v) is 4.68. The van der Waals surface area contributed by atoms with E-state index in [1.54, 1.807) is 0 Å². The first-order chi connectivity index (χ1) is 10.9. The maximum Gasteiger partial charge on any atom is 0.472 e. The van der Waals surface area contributed by atoms with Crippen molar-refractivity contribution in [1.82, 2.24) is 19.5 Å². The fourth-order valence-electron chi connectivity index (χ4n) is 2.69. The van der Waals surface area contributed by atoms with Gasteiger partial charge in [0.05, 0.1) is 12.9 Å². The number of aliphatic hydroxyl groups excluding tert-OH is 1. The molecular formula is C10H12N5O7P. The van der Waals surface area contributed by atoms with Gasteiger partial charge < -0.3 is 20.5 Å². The number of phosphoric acid groups is 1. The summed E-state index contributed by atoms with van der Waals surface area (Å²) in [4.78, 5) is 31.3. The number of ether oxygens (including phenoxy) is 1. The van der Waals surface area contributed by atoms with Crippen LogP contribution in [0.3, 0.4) is 0 Å². The second-order valence-electron chi connectivity index (χ2n) is 5.17. The summed E-state index contributed by atoms with van der Waals surface area (Å²) < 4.78 is 27.9. The minimum Gasteiger partial charge on any atom is -0.386 e. The highest BCUT2D eigenvalue weighted by molar-refractivity contribution is 7.47. The molecule has 0 saturated carbocycles. The number of hydrogen-bond donors (Lipinski definition) is 4. The van der Waals surface area contributed by atoms with Crippen LogP contribution in [0.2, 0.25) is 0 Å². The van der Waals surface area contributed by atoms with Crippen molar-refractivity contribution in [2.45, 2.75) is 24.5 Å². The normalized spacial score (nSPS) is 37.1. The lowest BCUT2D eigenvalue weighted by molar-refractivity contribution is -0.0664. The van der Waals surface area contributed by atoms with Crippen molar-refractivity contribution < 1.29 is 28.3 Å². The van der Waals surface area contributed by atoms with Gasteiger partial charge in [0.15, 0.2) is 17.4 Å². The summed E-state index contributed by atoms with van der Waals surface area (Å²) in [6.07, 6.45) is -2.85. The van der Waals surface area contributed by atoms with Crippen LogP contribution in [0.5, 0.6) is 0 Å². The zero-order chi connectivity index (χ0) is 16.4. The molecule has 5 atom stereocenters. The standard InChI is InChI=1S/C10H12N5O7P/c11-10-13-7-4(8(17)14-10)12-2-15(7)9-5(16)6-3(21-9)1-20-23(18,19)22-6/h2-3,5-6,9,16H,1H2,(H,18,19)(H3,11,13,14,17)/t3-,5?,6+,9-/m1/s1. The lowest BCUT2D eigenvalue weighted by atomic mass is 10.1. The highest BCUT2D eigenvalue weighted by Gasteiger charge is 2.52. The van der Waals surface area contributed by atoms with Gasteiger partial charge in [0, 0.05) is 0 Å². The maximum atomic E-state index is 11.8. The molecule has 0 aromatic carbocycles. The van der Waals surface area contributed by atoms with Gasteiger partial charge in [-0.3, -0.25) is 23.4 Å². The molecule has 0 amide bonds. The van der Waals surface area contributed by atoms with E-state index in [0.29, 0.717) is 0 Å². The minimum absolute atomic E-state index is 0.0230. The second-order valence-corrected chi connectivity index (χ2v) is 6.57. The predicted octanol–water partition coefficient (Wildman–Crippen LogP) is -1.52. The number of anilines is 1. The Bertz CT molecular complexity index is 880. The van der Waals surface area contributed by atoms with Crippen LogP contribution in [-0.4, -0.2) is 54.4 Å². The highest BCUT2D eigenvalue weighted by Crippen LogP contribution is 2.52.